The van der Waals surface area contributed by atoms with Crippen molar-refractivity contribution in [1.82, 2.24) is 0 Å². The topological polar surface area (TPSA) is 17.1 Å². The van der Waals surface area contributed by atoms with Crippen molar-refractivity contribution in [2.75, 3.05) is 0 Å². The first-order valence-corrected chi connectivity index (χ1v) is 5.20. The molecule has 72 valence electrons. The Morgan fingerprint density at radius 2 is 2.00 bits per heavy atom. The molecule has 0 aromatic rings. The summed E-state index contributed by atoms with van der Waals surface area (Å²) in [6.45, 7) is 8.43. The molecule has 0 radical (unpaired) electrons. The molecule has 2 aliphatic carbocycles. The van der Waals surface area contributed by atoms with Crippen molar-refractivity contribution in [2.24, 2.45) is 17.3 Å². The number of carbonyl (C=O) groups is 1. The number of ketones is 1. The molecule has 13 heavy (non-hydrogen) atoms. The molecule has 2 rings (SSSR count). The lowest BCUT2D eigenvalue weighted by atomic mass is 9.55. The number of fused-ring (bicyclic) bond motifs is 1. The van der Waals surface area contributed by atoms with E-state index in [-0.39, 0.29) is 5.41 Å². The maximum Gasteiger partial charge on any atom is 0.164 e. The van der Waals surface area contributed by atoms with Crippen LogP contribution >= 0.6 is 0 Å². The summed E-state index contributed by atoms with van der Waals surface area (Å²) in [5.41, 5.74) is 2.40. The van der Waals surface area contributed by atoms with Crippen molar-refractivity contribution in [3.63, 3.8) is 0 Å². The van der Waals surface area contributed by atoms with Gasteiger partial charge in [0.2, 0.25) is 0 Å². The quantitative estimate of drug-likeness (QED) is 0.557. The minimum Gasteiger partial charge on any atom is -0.294 e. The van der Waals surface area contributed by atoms with Crippen LogP contribution in [0.1, 0.15) is 40.5 Å². The van der Waals surface area contributed by atoms with Gasteiger partial charge in [-0.3, -0.25) is 4.79 Å². The standard InChI is InChI=1S/C12H18O/c1-7-9-5-6-10(9)8(2)12(3,4)11(7)13/h8,10H,5-6H2,1-4H3. The predicted octanol–water partition coefficient (Wildman–Crippen LogP) is 2.96. The average molecular weight is 178 g/mol. The zero-order valence-corrected chi connectivity index (χ0v) is 8.98. The third-order valence-corrected chi connectivity index (χ3v) is 4.32. The molecule has 1 nitrogen and oxygen atoms in total. The van der Waals surface area contributed by atoms with E-state index in [1.165, 1.54) is 18.4 Å². The fraction of sp³-hybridized carbons (Fsp3) is 0.750. The lowest BCUT2D eigenvalue weighted by Crippen LogP contribution is -2.45. The van der Waals surface area contributed by atoms with Gasteiger partial charge in [-0.25, -0.2) is 0 Å². The van der Waals surface area contributed by atoms with Crippen molar-refractivity contribution in [3.8, 4) is 0 Å². The van der Waals surface area contributed by atoms with Crippen LogP contribution in [0, 0.1) is 17.3 Å². The third kappa shape index (κ3) is 0.962. The van der Waals surface area contributed by atoms with Crippen LogP contribution in [-0.4, -0.2) is 5.78 Å². The van der Waals surface area contributed by atoms with E-state index >= 15 is 0 Å². The largest absolute Gasteiger partial charge is 0.294 e. The highest BCUT2D eigenvalue weighted by molar-refractivity contribution is 6.01. The molecule has 0 saturated heterocycles. The Morgan fingerprint density at radius 3 is 2.46 bits per heavy atom. The molecule has 0 aliphatic heterocycles. The van der Waals surface area contributed by atoms with Gasteiger partial charge in [0.15, 0.2) is 5.78 Å². The lowest BCUT2D eigenvalue weighted by molar-refractivity contribution is -0.128. The van der Waals surface area contributed by atoms with Gasteiger partial charge in [-0.1, -0.05) is 26.3 Å². The molecule has 1 heteroatoms. The Morgan fingerprint density at radius 1 is 1.38 bits per heavy atom. The van der Waals surface area contributed by atoms with Crippen LogP contribution in [0.25, 0.3) is 0 Å². The Balaban J connectivity index is 2.47. The van der Waals surface area contributed by atoms with E-state index < -0.39 is 0 Å². The van der Waals surface area contributed by atoms with Crippen molar-refractivity contribution >= 4 is 5.78 Å². The van der Waals surface area contributed by atoms with Crippen molar-refractivity contribution in [1.29, 1.82) is 0 Å². The van der Waals surface area contributed by atoms with Crippen LogP contribution in [0.3, 0.4) is 0 Å². The molecule has 0 N–H and O–H groups in total. The molecule has 0 aromatic heterocycles. The normalized spacial score (nSPS) is 37.1. The van der Waals surface area contributed by atoms with E-state index in [4.69, 9.17) is 0 Å². The van der Waals surface area contributed by atoms with E-state index in [9.17, 15) is 4.79 Å². The molecule has 2 unspecified atom stereocenters. The number of hydrogen-bond donors (Lipinski definition) is 0. The first kappa shape index (κ1) is 8.98. The Hall–Kier alpha value is -0.590. The summed E-state index contributed by atoms with van der Waals surface area (Å²) in [4.78, 5) is 12.0. The van der Waals surface area contributed by atoms with Gasteiger partial charge >= 0.3 is 0 Å². The van der Waals surface area contributed by atoms with Gasteiger partial charge in [0, 0.05) is 5.41 Å². The lowest BCUT2D eigenvalue weighted by Gasteiger charge is -2.48. The van der Waals surface area contributed by atoms with E-state index in [0.717, 1.165) is 5.57 Å². The van der Waals surface area contributed by atoms with Crippen LogP contribution in [0.2, 0.25) is 0 Å². The summed E-state index contributed by atoms with van der Waals surface area (Å²) < 4.78 is 0. The first-order chi connectivity index (χ1) is 5.96. The van der Waals surface area contributed by atoms with Gasteiger partial charge in [-0.05, 0) is 37.2 Å². The van der Waals surface area contributed by atoms with Crippen molar-refractivity contribution in [2.45, 2.75) is 40.5 Å². The van der Waals surface area contributed by atoms with Crippen molar-refractivity contribution in [3.05, 3.63) is 11.1 Å². The molecule has 0 heterocycles. The molecule has 0 aromatic carbocycles. The fourth-order valence-corrected chi connectivity index (χ4v) is 2.81. The van der Waals surface area contributed by atoms with Crippen molar-refractivity contribution < 1.29 is 4.79 Å². The summed E-state index contributed by atoms with van der Waals surface area (Å²) in [6, 6.07) is 0. The average Bonchev–Trinajstić information content (AvgIpc) is 1.98. The van der Waals surface area contributed by atoms with E-state index in [1.54, 1.807) is 0 Å². The highest BCUT2D eigenvalue weighted by Gasteiger charge is 2.48. The predicted molar refractivity (Wildman–Crippen MR) is 53.4 cm³/mol. The number of rotatable bonds is 0. The van der Waals surface area contributed by atoms with Crippen LogP contribution in [-0.2, 0) is 4.79 Å². The Labute approximate surface area is 80.2 Å². The number of Topliss-reactive ketones (excluding diaryl/α,β-unsaturated/α-hetero) is 1. The number of carbonyl (C=O) groups excluding carboxylic acids is 1. The monoisotopic (exact) mass is 178 g/mol. The molecule has 1 saturated carbocycles. The van der Waals surface area contributed by atoms with Gasteiger partial charge in [0.25, 0.3) is 0 Å². The molecular weight excluding hydrogens is 160 g/mol. The maximum atomic E-state index is 12.0. The molecule has 1 fully saturated rings. The third-order valence-electron chi connectivity index (χ3n) is 4.32. The molecule has 0 bridgehead atoms. The van der Waals surface area contributed by atoms with Crippen LogP contribution < -0.4 is 0 Å². The van der Waals surface area contributed by atoms with E-state index in [2.05, 4.69) is 20.8 Å². The summed E-state index contributed by atoms with van der Waals surface area (Å²) in [7, 11) is 0. The van der Waals surface area contributed by atoms with Gasteiger partial charge in [-0.15, -0.1) is 0 Å². The highest BCUT2D eigenvalue weighted by atomic mass is 16.1. The number of hydrogen-bond acceptors (Lipinski definition) is 1. The summed E-state index contributed by atoms with van der Waals surface area (Å²) >= 11 is 0. The van der Waals surface area contributed by atoms with Gasteiger partial charge < -0.3 is 0 Å². The fourth-order valence-electron chi connectivity index (χ4n) is 2.81. The first-order valence-electron chi connectivity index (χ1n) is 5.20. The second-order valence-electron chi connectivity index (χ2n) is 5.13. The molecule has 0 amide bonds. The van der Waals surface area contributed by atoms with Gasteiger partial charge in [0.1, 0.15) is 0 Å². The molecule has 2 atom stereocenters. The SMILES string of the molecule is CC1=C2CCC2C(C)C(C)(C)C1=O. The second-order valence-corrected chi connectivity index (χ2v) is 5.13. The minimum absolute atomic E-state index is 0.126. The smallest absolute Gasteiger partial charge is 0.164 e. The second kappa shape index (κ2) is 2.46. The zero-order chi connectivity index (χ0) is 9.80. The van der Waals surface area contributed by atoms with E-state index in [1.807, 2.05) is 6.92 Å². The van der Waals surface area contributed by atoms with Crippen LogP contribution in [0.4, 0.5) is 0 Å². The number of allylic oxidation sites excluding steroid dienone is 2. The highest BCUT2D eigenvalue weighted by Crippen LogP contribution is 2.52. The minimum atomic E-state index is -0.126. The van der Waals surface area contributed by atoms with Gasteiger partial charge in [0.05, 0.1) is 0 Å². The Kier molecular flexibility index (Phi) is 1.70. The maximum absolute atomic E-state index is 12.0. The van der Waals surface area contributed by atoms with Crippen LogP contribution in [0.15, 0.2) is 11.1 Å². The molecule has 2 aliphatic rings. The summed E-state index contributed by atoms with van der Waals surface area (Å²) in [5.74, 6) is 1.63. The molecule has 0 spiro atoms. The Bertz CT molecular complexity index is 296. The van der Waals surface area contributed by atoms with E-state index in [0.29, 0.717) is 17.6 Å². The zero-order valence-electron chi connectivity index (χ0n) is 8.98. The van der Waals surface area contributed by atoms with Gasteiger partial charge in [-0.2, -0.15) is 0 Å². The van der Waals surface area contributed by atoms with Crippen LogP contribution in [0.5, 0.6) is 0 Å². The summed E-state index contributed by atoms with van der Waals surface area (Å²) in [5, 5.41) is 0. The molecular formula is C12H18O. The summed E-state index contributed by atoms with van der Waals surface area (Å²) in [6.07, 6.45) is 2.47.